The minimum Gasteiger partial charge on any atom is -0.321 e. The topological polar surface area (TPSA) is 53.2 Å². The van der Waals surface area contributed by atoms with Crippen LogP contribution >= 0.6 is 12.4 Å². The molecular weight excluding hydrogens is 382 g/mol. The Hall–Kier alpha value is -2.40. The highest BCUT2D eigenvalue weighted by molar-refractivity contribution is 6.10. The standard InChI is InChI=1S/C24H27N3O.ClH/c1-17-6-2-3-7-20(17)24(28)27-23-11-10-18(21-8-4-5-9-22(21)23)16-26-19-12-14-25-15-13-19;/h2-11,19,25-26H,12-16H2,1H3,(H,27,28);1H. The Bertz CT molecular complexity index is 983. The summed E-state index contributed by atoms with van der Waals surface area (Å²) in [5.41, 5.74) is 3.81. The van der Waals surface area contributed by atoms with Gasteiger partial charge in [-0.15, -0.1) is 12.4 Å². The van der Waals surface area contributed by atoms with Crippen LogP contribution in [0.3, 0.4) is 0 Å². The van der Waals surface area contributed by atoms with Crippen LogP contribution in [0.5, 0.6) is 0 Å². The molecule has 0 bridgehead atoms. The highest BCUT2D eigenvalue weighted by Gasteiger charge is 2.14. The molecule has 1 heterocycles. The molecule has 1 amide bonds. The van der Waals surface area contributed by atoms with Gasteiger partial charge in [0.15, 0.2) is 0 Å². The second-order valence-electron chi connectivity index (χ2n) is 7.49. The van der Waals surface area contributed by atoms with E-state index in [9.17, 15) is 4.79 Å². The molecule has 1 aliphatic heterocycles. The zero-order chi connectivity index (χ0) is 19.3. The monoisotopic (exact) mass is 409 g/mol. The van der Waals surface area contributed by atoms with E-state index in [0.29, 0.717) is 11.6 Å². The molecule has 0 spiro atoms. The minimum atomic E-state index is -0.0659. The first-order valence-corrected chi connectivity index (χ1v) is 10.0. The Balaban J connectivity index is 0.00000240. The van der Waals surface area contributed by atoms with Crippen molar-refractivity contribution >= 4 is 34.8 Å². The van der Waals surface area contributed by atoms with Gasteiger partial charge in [-0.05, 0) is 61.5 Å². The third-order valence-corrected chi connectivity index (χ3v) is 5.57. The first-order chi connectivity index (χ1) is 13.7. The fourth-order valence-electron chi connectivity index (χ4n) is 3.92. The van der Waals surface area contributed by atoms with Crippen molar-refractivity contribution < 1.29 is 4.79 Å². The summed E-state index contributed by atoms with van der Waals surface area (Å²) in [4.78, 5) is 12.8. The first-order valence-electron chi connectivity index (χ1n) is 10.0. The van der Waals surface area contributed by atoms with Crippen LogP contribution in [0.25, 0.3) is 10.8 Å². The van der Waals surface area contributed by atoms with E-state index in [1.807, 2.05) is 43.3 Å². The maximum absolute atomic E-state index is 12.8. The summed E-state index contributed by atoms with van der Waals surface area (Å²) >= 11 is 0. The van der Waals surface area contributed by atoms with Gasteiger partial charge in [-0.1, -0.05) is 48.5 Å². The van der Waals surface area contributed by atoms with Crippen LogP contribution in [0.4, 0.5) is 5.69 Å². The number of hydrogen-bond acceptors (Lipinski definition) is 3. The second-order valence-corrected chi connectivity index (χ2v) is 7.49. The number of benzene rings is 3. The summed E-state index contributed by atoms with van der Waals surface area (Å²) in [5.74, 6) is -0.0659. The van der Waals surface area contributed by atoms with Crippen molar-refractivity contribution in [3.8, 4) is 0 Å². The molecule has 1 aliphatic rings. The van der Waals surface area contributed by atoms with Crippen molar-refractivity contribution in [2.24, 2.45) is 0 Å². The van der Waals surface area contributed by atoms with Crippen molar-refractivity contribution in [3.05, 3.63) is 77.4 Å². The van der Waals surface area contributed by atoms with E-state index >= 15 is 0 Å². The summed E-state index contributed by atoms with van der Waals surface area (Å²) in [6.07, 6.45) is 2.34. The average Bonchev–Trinajstić information content (AvgIpc) is 2.74. The van der Waals surface area contributed by atoms with Crippen LogP contribution in [0.15, 0.2) is 60.7 Å². The smallest absolute Gasteiger partial charge is 0.255 e. The van der Waals surface area contributed by atoms with E-state index < -0.39 is 0 Å². The minimum absolute atomic E-state index is 0. The highest BCUT2D eigenvalue weighted by atomic mass is 35.5. The van der Waals surface area contributed by atoms with Crippen LogP contribution < -0.4 is 16.0 Å². The number of anilines is 1. The second kappa shape index (κ2) is 9.88. The summed E-state index contributed by atoms with van der Waals surface area (Å²) in [7, 11) is 0. The molecule has 3 aromatic carbocycles. The number of piperidine rings is 1. The van der Waals surface area contributed by atoms with Gasteiger partial charge in [0, 0.05) is 29.2 Å². The van der Waals surface area contributed by atoms with Gasteiger partial charge in [-0.3, -0.25) is 4.79 Å². The summed E-state index contributed by atoms with van der Waals surface area (Å²) in [5, 5.41) is 12.5. The van der Waals surface area contributed by atoms with Crippen LogP contribution in [-0.4, -0.2) is 25.0 Å². The molecule has 0 aliphatic carbocycles. The van der Waals surface area contributed by atoms with Gasteiger partial charge in [0.2, 0.25) is 0 Å². The predicted molar refractivity (Wildman–Crippen MR) is 123 cm³/mol. The molecule has 5 heteroatoms. The lowest BCUT2D eigenvalue weighted by atomic mass is 10.0. The van der Waals surface area contributed by atoms with Crippen molar-refractivity contribution in [3.63, 3.8) is 0 Å². The lowest BCUT2D eigenvalue weighted by Gasteiger charge is -2.24. The number of fused-ring (bicyclic) bond motifs is 1. The Morgan fingerprint density at radius 1 is 0.966 bits per heavy atom. The molecule has 1 saturated heterocycles. The van der Waals surface area contributed by atoms with E-state index in [-0.39, 0.29) is 18.3 Å². The van der Waals surface area contributed by atoms with Crippen LogP contribution in [0.1, 0.15) is 34.3 Å². The number of amides is 1. The summed E-state index contributed by atoms with van der Waals surface area (Å²) in [6, 6.07) is 20.7. The lowest BCUT2D eigenvalue weighted by Crippen LogP contribution is -2.39. The van der Waals surface area contributed by atoms with E-state index in [1.165, 1.54) is 23.8 Å². The zero-order valence-corrected chi connectivity index (χ0v) is 17.5. The van der Waals surface area contributed by atoms with E-state index in [4.69, 9.17) is 0 Å². The van der Waals surface area contributed by atoms with Crippen LogP contribution in [-0.2, 0) is 6.54 Å². The molecule has 4 nitrogen and oxygen atoms in total. The lowest BCUT2D eigenvalue weighted by molar-refractivity contribution is 0.102. The largest absolute Gasteiger partial charge is 0.321 e. The Labute approximate surface area is 178 Å². The van der Waals surface area contributed by atoms with E-state index in [1.54, 1.807) is 0 Å². The third-order valence-electron chi connectivity index (χ3n) is 5.57. The number of rotatable bonds is 5. The molecule has 0 unspecified atom stereocenters. The normalized spacial score (nSPS) is 14.4. The summed E-state index contributed by atoms with van der Waals surface area (Å²) < 4.78 is 0. The number of aryl methyl sites for hydroxylation is 1. The predicted octanol–water partition coefficient (Wildman–Crippen LogP) is 4.66. The van der Waals surface area contributed by atoms with E-state index in [2.05, 4.69) is 40.2 Å². The molecule has 1 fully saturated rings. The summed E-state index contributed by atoms with van der Waals surface area (Å²) in [6.45, 7) is 4.98. The SMILES string of the molecule is Cc1ccccc1C(=O)Nc1ccc(CNC2CCNCC2)c2ccccc12.Cl. The van der Waals surface area contributed by atoms with Crippen molar-refractivity contribution in [2.75, 3.05) is 18.4 Å². The molecule has 152 valence electrons. The molecule has 4 rings (SSSR count). The molecule has 0 radical (unpaired) electrons. The van der Waals surface area contributed by atoms with Gasteiger partial charge in [0.1, 0.15) is 0 Å². The molecule has 0 aromatic heterocycles. The maximum Gasteiger partial charge on any atom is 0.255 e. The maximum atomic E-state index is 12.8. The Morgan fingerprint density at radius 3 is 2.41 bits per heavy atom. The van der Waals surface area contributed by atoms with Crippen LogP contribution in [0, 0.1) is 6.92 Å². The highest BCUT2D eigenvalue weighted by Crippen LogP contribution is 2.27. The van der Waals surface area contributed by atoms with Crippen molar-refractivity contribution in [1.82, 2.24) is 10.6 Å². The van der Waals surface area contributed by atoms with E-state index in [0.717, 1.165) is 36.3 Å². The Morgan fingerprint density at radius 2 is 1.66 bits per heavy atom. The van der Waals surface area contributed by atoms with Gasteiger partial charge in [-0.25, -0.2) is 0 Å². The average molecular weight is 410 g/mol. The van der Waals surface area contributed by atoms with Gasteiger partial charge in [0.05, 0.1) is 0 Å². The fourth-order valence-corrected chi connectivity index (χ4v) is 3.92. The number of carbonyl (C=O) groups is 1. The molecule has 0 atom stereocenters. The van der Waals surface area contributed by atoms with Gasteiger partial charge < -0.3 is 16.0 Å². The van der Waals surface area contributed by atoms with Crippen molar-refractivity contribution in [1.29, 1.82) is 0 Å². The molecule has 3 N–H and O–H groups in total. The Kier molecular flexibility index (Phi) is 7.26. The van der Waals surface area contributed by atoms with Gasteiger partial charge >= 0.3 is 0 Å². The fraction of sp³-hybridized carbons (Fsp3) is 0.292. The number of hydrogen-bond donors (Lipinski definition) is 3. The third kappa shape index (κ3) is 4.96. The zero-order valence-electron chi connectivity index (χ0n) is 16.7. The molecular formula is C24H28ClN3O. The van der Waals surface area contributed by atoms with Gasteiger partial charge in [0.25, 0.3) is 5.91 Å². The number of halogens is 1. The molecule has 29 heavy (non-hydrogen) atoms. The van der Waals surface area contributed by atoms with Crippen LogP contribution in [0.2, 0.25) is 0 Å². The molecule has 0 saturated carbocycles. The van der Waals surface area contributed by atoms with Gasteiger partial charge in [-0.2, -0.15) is 0 Å². The quantitative estimate of drug-likeness (QED) is 0.574. The van der Waals surface area contributed by atoms with Crippen molar-refractivity contribution in [2.45, 2.75) is 32.4 Å². The number of nitrogens with one attached hydrogen (secondary N) is 3. The first kappa shape index (κ1) is 21.3. The number of carbonyl (C=O) groups excluding carboxylic acids is 1. The molecule has 3 aromatic rings.